The lowest BCUT2D eigenvalue weighted by Crippen LogP contribution is -2.36. The van der Waals surface area contributed by atoms with Crippen LogP contribution in [0.25, 0.3) is 0 Å². The minimum atomic E-state index is -0.279. The molecule has 16 heavy (non-hydrogen) atoms. The summed E-state index contributed by atoms with van der Waals surface area (Å²) in [5.74, 6) is 0.541. The van der Waals surface area contributed by atoms with Gasteiger partial charge in [0.15, 0.2) is 0 Å². The normalized spacial score (nSPS) is 12.5. The van der Waals surface area contributed by atoms with E-state index in [4.69, 9.17) is 9.26 Å². The van der Waals surface area contributed by atoms with Crippen LogP contribution in [0, 0.1) is 13.8 Å². The van der Waals surface area contributed by atoms with Crippen molar-refractivity contribution in [2.24, 2.45) is 0 Å². The van der Waals surface area contributed by atoms with Crippen LogP contribution in [0.5, 0.6) is 0 Å². The third kappa shape index (κ3) is 2.82. The highest BCUT2D eigenvalue weighted by Gasteiger charge is 2.17. The predicted molar refractivity (Wildman–Crippen MR) is 58.9 cm³/mol. The maximum absolute atomic E-state index is 11.3. The first-order valence-corrected chi connectivity index (χ1v) is 5.33. The number of rotatable bonds is 5. The lowest BCUT2D eigenvalue weighted by Gasteiger charge is -2.13. The Morgan fingerprint density at radius 2 is 2.25 bits per heavy atom. The summed E-state index contributed by atoms with van der Waals surface area (Å²) >= 11 is 0. The van der Waals surface area contributed by atoms with Gasteiger partial charge in [-0.3, -0.25) is 4.79 Å². The van der Waals surface area contributed by atoms with Crippen molar-refractivity contribution in [2.45, 2.75) is 39.8 Å². The van der Waals surface area contributed by atoms with Crippen molar-refractivity contribution in [1.82, 2.24) is 10.5 Å². The number of carbonyl (C=O) groups is 1. The molecule has 0 spiro atoms. The van der Waals surface area contributed by atoms with Crippen molar-refractivity contribution in [3.8, 4) is 0 Å². The van der Waals surface area contributed by atoms with E-state index >= 15 is 0 Å². The Morgan fingerprint density at radius 1 is 1.56 bits per heavy atom. The Balaban J connectivity index is 2.59. The van der Waals surface area contributed by atoms with Gasteiger partial charge in [-0.2, -0.15) is 0 Å². The topological polar surface area (TPSA) is 64.4 Å². The highest BCUT2D eigenvalue weighted by molar-refractivity contribution is 5.75. The van der Waals surface area contributed by atoms with Crippen LogP contribution in [-0.4, -0.2) is 24.3 Å². The molecule has 0 aliphatic rings. The van der Waals surface area contributed by atoms with Gasteiger partial charge in [0.1, 0.15) is 11.8 Å². The zero-order chi connectivity index (χ0) is 12.1. The standard InChI is InChI=1S/C11H18N2O3/c1-5-10(11(14)15-4)12-6-9-7(2)13-16-8(9)3/h10,12H,5-6H2,1-4H3. The quantitative estimate of drug-likeness (QED) is 0.767. The number of nitrogens with one attached hydrogen (secondary N) is 1. The van der Waals surface area contributed by atoms with Crippen LogP contribution in [0.4, 0.5) is 0 Å². The van der Waals surface area contributed by atoms with E-state index in [-0.39, 0.29) is 12.0 Å². The smallest absolute Gasteiger partial charge is 0.322 e. The van der Waals surface area contributed by atoms with E-state index in [1.165, 1.54) is 7.11 Å². The fourth-order valence-corrected chi connectivity index (χ4v) is 1.52. The first kappa shape index (κ1) is 12.7. The van der Waals surface area contributed by atoms with Crippen LogP contribution in [0.15, 0.2) is 4.52 Å². The summed E-state index contributed by atoms with van der Waals surface area (Å²) in [6.07, 6.45) is 0.691. The van der Waals surface area contributed by atoms with Crippen LogP contribution >= 0.6 is 0 Å². The molecule has 0 fully saturated rings. The molecule has 0 amide bonds. The number of hydrogen-bond donors (Lipinski definition) is 1. The second-order valence-electron chi connectivity index (χ2n) is 3.67. The molecule has 1 unspecified atom stereocenters. The molecule has 1 heterocycles. The van der Waals surface area contributed by atoms with Gasteiger partial charge in [-0.15, -0.1) is 0 Å². The van der Waals surface area contributed by atoms with E-state index in [0.29, 0.717) is 13.0 Å². The third-order valence-corrected chi connectivity index (χ3v) is 2.60. The molecular formula is C11H18N2O3. The number of aromatic nitrogens is 1. The van der Waals surface area contributed by atoms with E-state index in [1.54, 1.807) is 0 Å². The van der Waals surface area contributed by atoms with Crippen molar-refractivity contribution in [1.29, 1.82) is 0 Å². The largest absolute Gasteiger partial charge is 0.468 e. The number of esters is 1. The fourth-order valence-electron chi connectivity index (χ4n) is 1.52. The first-order valence-electron chi connectivity index (χ1n) is 5.33. The summed E-state index contributed by atoms with van der Waals surface area (Å²) in [6, 6.07) is -0.279. The maximum Gasteiger partial charge on any atom is 0.322 e. The highest BCUT2D eigenvalue weighted by atomic mass is 16.5. The molecular weight excluding hydrogens is 208 g/mol. The molecule has 0 saturated carbocycles. The molecule has 90 valence electrons. The number of carbonyl (C=O) groups excluding carboxylic acids is 1. The van der Waals surface area contributed by atoms with Gasteiger partial charge in [0, 0.05) is 12.1 Å². The van der Waals surface area contributed by atoms with Crippen LogP contribution < -0.4 is 5.32 Å². The number of methoxy groups -OCH3 is 1. The Labute approximate surface area is 95.1 Å². The second kappa shape index (κ2) is 5.65. The minimum Gasteiger partial charge on any atom is -0.468 e. The zero-order valence-electron chi connectivity index (χ0n) is 10.2. The summed E-state index contributed by atoms with van der Waals surface area (Å²) in [5, 5.41) is 6.98. The zero-order valence-corrected chi connectivity index (χ0v) is 10.2. The van der Waals surface area contributed by atoms with Gasteiger partial charge in [0.05, 0.1) is 12.8 Å². The van der Waals surface area contributed by atoms with Crippen LogP contribution in [0.3, 0.4) is 0 Å². The number of nitrogens with zero attached hydrogens (tertiary/aromatic N) is 1. The number of ether oxygens (including phenoxy) is 1. The van der Waals surface area contributed by atoms with Gasteiger partial charge in [-0.1, -0.05) is 12.1 Å². The number of aryl methyl sites for hydroxylation is 2. The van der Waals surface area contributed by atoms with Gasteiger partial charge in [0.2, 0.25) is 0 Å². The molecule has 0 aliphatic carbocycles. The van der Waals surface area contributed by atoms with E-state index in [0.717, 1.165) is 17.0 Å². The Bertz CT molecular complexity index is 341. The monoisotopic (exact) mass is 226 g/mol. The lowest BCUT2D eigenvalue weighted by molar-refractivity contribution is -0.143. The molecule has 1 atom stereocenters. The van der Waals surface area contributed by atoms with Gasteiger partial charge in [-0.05, 0) is 20.3 Å². The molecule has 1 N–H and O–H groups in total. The predicted octanol–water partition coefficient (Wildman–Crippen LogP) is 1.33. The molecule has 0 bridgehead atoms. The summed E-state index contributed by atoms with van der Waals surface area (Å²) in [4.78, 5) is 11.3. The van der Waals surface area contributed by atoms with Gasteiger partial charge >= 0.3 is 5.97 Å². The van der Waals surface area contributed by atoms with Gasteiger partial charge in [0.25, 0.3) is 0 Å². The number of hydrogen-bond acceptors (Lipinski definition) is 5. The molecule has 0 aliphatic heterocycles. The van der Waals surface area contributed by atoms with Crippen LogP contribution in [0.2, 0.25) is 0 Å². The van der Waals surface area contributed by atoms with Crippen molar-refractivity contribution in [3.63, 3.8) is 0 Å². The lowest BCUT2D eigenvalue weighted by atomic mass is 10.1. The maximum atomic E-state index is 11.3. The third-order valence-electron chi connectivity index (χ3n) is 2.60. The second-order valence-corrected chi connectivity index (χ2v) is 3.67. The molecule has 0 radical (unpaired) electrons. The van der Waals surface area contributed by atoms with Gasteiger partial charge < -0.3 is 14.6 Å². The van der Waals surface area contributed by atoms with Crippen molar-refractivity contribution in [2.75, 3.05) is 7.11 Å². The van der Waals surface area contributed by atoms with E-state index in [9.17, 15) is 4.79 Å². The molecule has 0 aromatic carbocycles. The molecule has 5 heteroatoms. The van der Waals surface area contributed by atoms with E-state index in [1.807, 2.05) is 20.8 Å². The minimum absolute atomic E-state index is 0.241. The molecule has 0 saturated heterocycles. The summed E-state index contributed by atoms with van der Waals surface area (Å²) in [7, 11) is 1.39. The van der Waals surface area contributed by atoms with E-state index < -0.39 is 0 Å². The molecule has 1 aromatic heterocycles. The van der Waals surface area contributed by atoms with Crippen LogP contribution in [0.1, 0.15) is 30.4 Å². The first-order chi connectivity index (χ1) is 7.60. The Hall–Kier alpha value is -1.36. The van der Waals surface area contributed by atoms with Crippen molar-refractivity contribution in [3.05, 3.63) is 17.0 Å². The van der Waals surface area contributed by atoms with Crippen molar-refractivity contribution >= 4 is 5.97 Å². The van der Waals surface area contributed by atoms with Crippen LogP contribution in [-0.2, 0) is 16.1 Å². The SMILES string of the molecule is CCC(NCc1c(C)noc1C)C(=O)OC. The van der Waals surface area contributed by atoms with E-state index in [2.05, 4.69) is 10.5 Å². The summed E-state index contributed by atoms with van der Waals surface area (Å²) < 4.78 is 9.73. The molecule has 1 aromatic rings. The summed E-state index contributed by atoms with van der Waals surface area (Å²) in [5.41, 5.74) is 1.85. The molecule has 1 rings (SSSR count). The average Bonchev–Trinajstić information content (AvgIpc) is 2.60. The fraction of sp³-hybridized carbons (Fsp3) is 0.636. The highest BCUT2D eigenvalue weighted by Crippen LogP contribution is 2.12. The van der Waals surface area contributed by atoms with Gasteiger partial charge in [-0.25, -0.2) is 0 Å². The Kier molecular flexibility index (Phi) is 4.49. The Morgan fingerprint density at radius 3 is 2.69 bits per heavy atom. The molecule has 5 nitrogen and oxygen atoms in total. The summed E-state index contributed by atoms with van der Waals surface area (Å²) in [6.45, 7) is 6.24. The van der Waals surface area contributed by atoms with Crippen molar-refractivity contribution < 1.29 is 14.1 Å². The average molecular weight is 226 g/mol.